The fourth-order valence-corrected chi connectivity index (χ4v) is 1.57. The minimum atomic E-state index is -0.0112. The normalized spacial score (nSPS) is 11.3. The van der Waals surface area contributed by atoms with Gasteiger partial charge in [-0.25, -0.2) is 0 Å². The Bertz CT molecular complexity index is 310. The zero-order chi connectivity index (χ0) is 15.4. The highest BCUT2D eigenvalue weighted by Crippen LogP contribution is 1.99. The van der Waals surface area contributed by atoms with Gasteiger partial charge in [0.25, 0.3) is 0 Å². The lowest BCUT2D eigenvalue weighted by Gasteiger charge is -2.07. The fourth-order valence-electron chi connectivity index (χ4n) is 1.57. The summed E-state index contributed by atoms with van der Waals surface area (Å²) in [5, 5.41) is 5.77. The van der Waals surface area contributed by atoms with Crippen molar-refractivity contribution in [3.63, 3.8) is 0 Å². The van der Waals surface area contributed by atoms with Crippen molar-refractivity contribution < 1.29 is 9.59 Å². The van der Waals surface area contributed by atoms with Gasteiger partial charge in [0.15, 0.2) is 0 Å². The monoisotopic (exact) mass is 282 g/mol. The van der Waals surface area contributed by atoms with Crippen LogP contribution in [0.3, 0.4) is 0 Å². The SMILES string of the molecule is CC(C)/C=C/C(=O)NCCCCCCNC(=O)C(C)C. The Morgan fingerprint density at radius 1 is 0.900 bits per heavy atom. The number of hydrogen-bond acceptors (Lipinski definition) is 2. The quantitative estimate of drug-likeness (QED) is 0.478. The van der Waals surface area contributed by atoms with Gasteiger partial charge in [0.1, 0.15) is 0 Å². The third-order valence-electron chi connectivity index (χ3n) is 2.86. The van der Waals surface area contributed by atoms with Crippen LogP contribution in [0.2, 0.25) is 0 Å². The molecule has 0 saturated heterocycles. The molecule has 0 fully saturated rings. The zero-order valence-corrected chi connectivity index (χ0v) is 13.4. The highest BCUT2D eigenvalue weighted by Gasteiger charge is 2.04. The maximum absolute atomic E-state index is 11.4. The molecule has 0 aliphatic heterocycles. The molecular weight excluding hydrogens is 252 g/mol. The predicted molar refractivity (Wildman–Crippen MR) is 83.3 cm³/mol. The summed E-state index contributed by atoms with van der Waals surface area (Å²) >= 11 is 0. The van der Waals surface area contributed by atoms with Crippen LogP contribution in [-0.4, -0.2) is 24.9 Å². The Hall–Kier alpha value is -1.32. The molecule has 0 heterocycles. The Morgan fingerprint density at radius 3 is 1.95 bits per heavy atom. The Kier molecular flexibility index (Phi) is 10.7. The zero-order valence-electron chi connectivity index (χ0n) is 13.4. The van der Waals surface area contributed by atoms with Crippen molar-refractivity contribution >= 4 is 11.8 Å². The van der Waals surface area contributed by atoms with Crippen molar-refractivity contribution in [2.24, 2.45) is 11.8 Å². The second-order valence-electron chi connectivity index (χ2n) is 5.75. The summed E-state index contributed by atoms with van der Waals surface area (Å²) in [5.74, 6) is 0.572. The molecule has 0 saturated carbocycles. The maximum Gasteiger partial charge on any atom is 0.243 e. The van der Waals surface area contributed by atoms with Gasteiger partial charge in [-0.15, -0.1) is 0 Å². The van der Waals surface area contributed by atoms with Crippen LogP contribution in [0.4, 0.5) is 0 Å². The van der Waals surface area contributed by atoms with E-state index in [0.29, 0.717) is 5.92 Å². The number of hydrogen-bond donors (Lipinski definition) is 2. The predicted octanol–water partition coefficient (Wildman–Crippen LogP) is 2.65. The first-order valence-corrected chi connectivity index (χ1v) is 7.67. The Balaban J connectivity index is 3.37. The van der Waals surface area contributed by atoms with Gasteiger partial charge in [0, 0.05) is 19.0 Å². The molecule has 0 unspecified atom stereocenters. The molecule has 116 valence electrons. The topological polar surface area (TPSA) is 58.2 Å². The summed E-state index contributed by atoms with van der Waals surface area (Å²) in [6.07, 6.45) is 7.64. The summed E-state index contributed by atoms with van der Waals surface area (Å²) in [6, 6.07) is 0. The van der Waals surface area contributed by atoms with Crippen molar-refractivity contribution in [2.75, 3.05) is 13.1 Å². The highest BCUT2D eigenvalue weighted by atomic mass is 16.2. The van der Waals surface area contributed by atoms with E-state index in [1.165, 1.54) is 0 Å². The largest absolute Gasteiger partial charge is 0.356 e. The number of rotatable bonds is 10. The van der Waals surface area contributed by atoms with Crippen molar-refractivity contribution in [3.05, 3.63) is 12.2 Å². The first-order chi connectivity index (χ1) is 9.43. The van der Waals surface area contributed by atoms with Crippen molar-refractivity contribution in [3.8, 4) is 0 Å². The molecule has 2 N–H and O–H groups in total. The lowest BCUT2D eigenvalue weighted by molar-refractivity contribution is -0.124. The van der Waals surface area contributed by atoms with Gasteiger partial charge >= 0.3 is 0 Å². The molecule has 0 aliphatic rings. The highest BCUT2D eigenvalue weighted by molar-refractivity contribution is 5.87. The van der Waals surface area contributed by atoms with Crippen molar-refractivity contribution in [2.45, 2.75) is 53.4 Å². The van der Waals surface area contributed by atoms with Crippen LogP contribution in [0.25, 0.3) is 0 Å². The summed E-state index contributed by atoms with van der Waals surface area (Å²) in [4.78, 5) is 22.7. The first-order valence-electron chi connectivity index (χ1n) is 7.67. The molecule has 4 heteroatoms. The summed E-state index contributed by atoms with van der Waals surface area (Å²) in [5.41, 5.74) is 0. The van der Waals surface area contributed by atoms with Crippen LogP contribution in [0.5, 0.6) is 0 Å². The second-order valence-corrected chi connectivity index (χ2v) is 5.75. The molecule has 0 aliphatic carbocycles. The number of carbonyl (C=O) groups excluding carboxylic acids is 2. The molecule has 0 aromatic heterocycles. The number of allylic oxidation sites excluding steroid dienone is 1. The van der Waals surface area contributed by atoms with E-state index in [4.69, 9.17) is 0 Å². The lowest BCUT2D eigenvalue weighted by atomic mass is 10.1. The van der Waals surface area contributed by atoms with E-state index < -0.39 is 0 Å². The van der Waals surface area contributed by atoms with E-state index in [1.54, 1.807) is 6.08 Å². The number of amides is 2. The van der Waals surface area contributed by atoms with E-state index in [9.17, 15) is 9.59 Å². The van der Waals surface area contributed by atoms with Gasteiger partial charge in [-0.2, -0.15) is 0 Å². The van der Waals surface area contributed by atoms with Gasteiger partial charge in [0.2, 0.25) is 11.8 Å². The lowest BCUT2D eigenvalue weighted by Crippen LogP contribution is -2.28. The summed E-state index contributed by atoms with van der Waals surface area (Å²) < 4.78 is 0. The molecule has 0 rings (SSSR count). The third-order valence-corrected chi connectivity index (χ3v) is 2.86. The molecule has 0 bridgehead atoms. The molecule has 0 atom stereocenters. The smallest absolute Gasteiger partial charge is 0.243 e. The first kappa shape index (κ1) is 18.7. The molecule has 0 spiro atoms. The summed E-state index contributed by atoms with van der Waals surface area (Å²) in [7, 11) is 0. The molecule has 4 nitrogen and oxygen atoms in total. The van der Waals surface area contributed by atoms with E-state index in [0.717, 1.165) is 38.8 Å². The van der Waals surface area contributed by atoms with E-state index in [-0.39, 0.29) is 17.7 Å². The second kappa shape index (κ2) is 11.5. The van der Waals surface area contributed by atoms with Gasteiger partial charge in [-0.3, -0.25) is 9.59 Å². The van der Waals surface area contributed by atoms with Crippen molar-refractivity contribution in [1.82, 2.24) is 10.6 Å². The van der Waals surface area contributed by atoms with Crippen LogP contribution in [0.1, 0.15) is 53.4 Å². The van der Waals surface area contributed by atoms with Crippen LogP contribution in [0.15, 0.2) is 12.2 Å². The van der Waals surface area contributed by atoms with Gasteiger partial charge in [-0.05, 0) is 24.8 Å². The van der Waals surface area contributed by atoms with Crippen LogP contribution in [-0.2, 0) is 9.59 Å². The van der Waals surface area contributed by atoms with Crippen LogP contribution < -0.4 is 10.6 Å². The molecule has 0 radical (unpaired) electrons. The summed E-state index contributed by atoms with van der Waals surface area (Å²) in [6.45, 7) is 9.35. The van der Waals surface area contributed by atoms with Gasteiger partial charge < -0.3 is 10.6 Å². The maximum atomic E-state index is 11.4. The van der Waals surface area contributed by atoms with Crippen molar-refractivity contribution in [1.29, 1.82) is 0 Å². The average molecular weight is 282 g/mol. The minimum Gasteiger partial charge on any atom is -0.356 e. The Morgan fingerprint density at radius 2 is 1.45 bits per heavy atom. The molecule has 0 aromatic rings. The third kappa shape index (κ3) is 11.8. The standard InChI is InChI=1S/C16H30N2O2/c1-13(2)9-10-15(19)17-11-7-5-6-8-12-18-16(20)14(3)4/h9-10,13-14H,5-8,11-12H2,1-4H3,(H,17,19)(H,18,20)/b10-9+. The van der Waals surface area contributed by atoms with E-state index >= 15 is 0 Å². The molecule has 2 amide bonds. The number of nitrogens with one attached hydrogen (secondary N) is 2. The van der Waals surface area contributed by atoms with Gasteiger partial charge in [0.05, 0.1) is 0 Å². The Labute approximate surface area is 123 Å². The molecule has 20 heavy (non-hydrogen) atoms. The number of carbonyl (C=O) groups is 2. The average Bonchev–Trinajstić information content (AvgIpc) is 2.38. The van der Waals surface area contributed by atoms with Crippen LogP contribution in [0, 0.1) is 11.8 Å². The number of unbranched alkanes of at least 4 members (excludes halogenated alkanes) is 3. The molecule has 0 aromatic carbocycles. The fraction of sp³-hybridized carbons (Fsp3) is 0.750. The molecular formula is C16H30N2O2. The van der Waals surface area contributed by atoms with Gasteiger partial charge in [-0.1, -0.05) is 46.6 Å². The van der Waals surface area contributed by atoms with Crippen LogP contribution >= 0.6 is 0 Å². The minimum absolute atomic E-state index is 0.0112. The van der Waals surface area contributed by atoms with E-state index in [2.05, 4.69) is 10.6 Å². The van der Waals surface area contributed by atoms with E-state index in [1.807, 2.05) is 33.8 Å².